The maximum atomic E-state index is 3.76. The van der Waals surface area contributed by atoms with Gasteiger partial charge in [-0.3, -0.25) is 0 Å². The summed E-state index contributed by atoms with van der Waals surface area (Å²) in [6.07, 6.45) is 0. The second-order valence-electron chi connectivity index (χ2n) is 7.29. The zero-order valence-electron chi connectivity index (χ0n) is 14.8. The van der Waals surface area contributed by atoms with E-state index in [1.807, 2.05) is 0 Å². The fraction of sp³-hybridized carbons (Fsp3) is 0.217. The molecule has 0 fully saturated rings. The van der Waals surface area contributed by atoms with Crippen molar-refractivity contribution in [3.8, 4) is 0 Å². The van der Waals surface area contributed by atoms with E-state index in [-0.39, 0.29) is 11.6 Å². The molecule has 2 nitrogen and oxygen atoms in total. The second-order valence-corrected chi connectivity index (χ2v) is 7.29. The summed E-state index contributed by atoms with van der Waals surface area (Å²) in [7, 11) is 0. The average Bonchev–Trinajstić information content (AvgIpc) is 2.62. The Labute approximate surface area is 150 Å². The minimum absolute atomic E-state index is 0.0789. The molecule has 4 rings (SSSR count). The van der Waals surface area contributed by atoms with Crippen molar-refractivity contribution in [2.45, 2.75) is 32.0 Å². The van der Waals surface area contributed by atoms with Gasteiger partial charge in [0.25, 0.3) is 0 Å². The van der Waals surface area contributed by atoms with E-state index in [0.29, 0.717) is 0 Å². The van der Waals surface area contributed by atoms with Gasteiger partial charge in [0.1, 0.15) is 0 Å². The molecule has 0 aromatic heterocycles. The molecule has 3 aromatic rings. The molecule has 1 atom stereocenters. The number of fused-ring (bicyclic) bond motifs is 1. The van der Waals surface area contributed by atoms with Crippen LogP contribution in [0, 0.1) is 0 Å². The van der Waals surface area contributed by atoms with Crippen molar-refractivity contribution in [2.75, 3.05) is 10.2 Å². The molecular formula is C23H24N2. The molecule has 0 amide bonds. The Balaban J connectivity index is 1.84. The molecule has 0 spiro atoms. The van der Waals surface area contributed by atoms with Crippen molar-refractivity contribution in [1.82, 2.24) is 0 Å². The third-order valence-corrected chi connectivity index (χ3v) is 4.98. The monoisotopic (exact) mass is 328 g/mol. The molecule has 1 unspecified atom stereocenters. The lowest BCUT2D eigenvalue weighted by Crippen LogP contribution is -2.51. The summed E-state index contributed by atoms with van der Waals surface area (Å²) >= 11 is 0. The zero-order valence-corrected chi connectivity index (χ0v) is 14.8. The normalized spacial score (nSPS) is 18.3. The standard InChI is InChI=1S/C23H24N2/c1-23(2)22(19-13-7-4-8-14-19)25(17-18-11-5-3-6-12-18)21-16-10-9-15-20(21)24-23/h3-16,22,24H,17H2,1-2H3. The molecule has 0 radical (unpaired) electrons. The Morgan fingerprint density at radius 3 is 2.12 bits per heavy atom. The lowest BCUT2D eigenvalue weighted by Gasteiger charge is -2.49. The number of hydrogen-bond acceptors (Lipinski definition) is 2. The number of nitrogens with one attached hydrogen (secondary N) is 1. The van der Waals surface area contributed by atoms with Crippen LogP contribution in [0.4, 0.5) is 11.4 Å². The van der Waals surface area contributed by atoms with Crippen LogP contribution in [-0.2, 0) is 6.54 Å². The third kappa shape index (κ3) is 3.00. The summed E-state index contributed by atoms with van der Waals surface area (Å²) in [5, 5.41) is 3.76. The van der Waals surface area contributed by atoms with Gasteiger partial charge in [0.15, 0.2) is 0 Å². The maximum Gasteiger partial charge on any atom is 0.0771 e. The fourth-order valence-electron chi connectivity index (χ4n) is 3.96. The zero-order chi connectivity index (χ0) is 17.3. The van der Waals surface area contributed by atoms with Gasteiger partial charge in [0, 0.05) is 6.54 Å². The van der Waals surface area contributed by atoms with Gasteiger partial charge in [-0.25, -0.2) is 0 Å². The van der Waals surface area contributed by atoms with E-state index in [9.17, 15) is 0 Å². The summed E-state index contributed by atoms with van der Waals surface area (Å²) in [5.74, 6) is 0. The highest BCUT2D eigenvalue weighted by molar-refractivity contribution is 5.75. The molecule has 1 aliphatic heterocycles. The number of nitrogens with zero attached hydrogens (tertiary/aromatic N) is 1. The van der Waals surface area contributed by atoms with Crippen LogP contribution < -0.4 is 10.2 Å². The molecule has 3 aromatic carbocycles. The van der Waals surface area contributed by atoms with Crippen LogP contribution in [0.1, 0.15) is 31.0 Å². The molecule has 0 saturated carbocycles. The number of benzene rings is 3. The maximum absolute atomic E-state index is 3.76. The number of anilines is 2. The topological polar surface area (TPSA) is 15.3 Å². The fourth-order valence-corrected chi connectivity index (χ4v) is 3.96. The lowest BCUT2D eigenvalue weighted by molar-refractivity contribution is 0.410. The number of rotatable bonds is 3. The predicted octanol–water partition coefficient (Wildman–Crippen LogP) is 5.64. The van der Waals surface area contributed by atoms with Gasteiger partial charge >= 0.3 is 0 Å². The van der Waals surface area contributed by atoms with E-state index < -0.39 is 0 Å². The van der Waals surface area contributed by atoms with Crippen molar-refractivity contribution in [1.29, 1.82) is 0 Å². The molecule has 0 bridgehead atoms. The van der Waals surface area contributed by atoms with Gasteiger partial charge in [0.05, 0.1) is 23.0 Å². The van der Waals surface area contributed by atoms with E-state index in [1.165, 1.54) is 22.5 Å². The Morgan fingerprint density at radius 1 is 0.800 bits per heavy atom. The van der Waals surface area contributed by atoms with Gasteiger partial charge < -0.3 is 10.2 Å². The van der Waals surface area contributed by atoms with Gasteiger partial charge in [0.2, 0.25) is 0 Å². The van der Waals surface area contributed by atoms with E-state index in [4.69, 9.17) is 0 Å². The SMILES string of the molecule is CC1(C)Nc2ccccc2N(Cc2ccccc2)C1c1ccccc1. The van der Waals surface area contributed by atoms with E-state index in [1.54, 1.807) is 0 Å². The first-order valence-electron chi connectivity index (χ1n) is 8.88. The minimum Gasteiger partial charge on any atom is -0.376 e. The first-order valence-corrected chi connectivity index (χ1v) is 8.88. The lowest BCUT2D eigenvalue weighted by atomic mass is 9.84. The third-order valence-electron chi connectivity index (χ3n) is 4.98. The summed E-state index contributed by atoms with van der Waals surface area (Å²) in [6, 6.07) is 30.4. The van der Waals surface area contributed by atoms with Crippen molar-refractivity contribution in [2.24, 2.45) is 0 Å². The first-order chi connectivity index (χ1) is 12.1. The average molecular weight is 328 g/mol. The van der Waals surface area contributed by atoms with Gasteiger partial charge in [-0.1, -0.05) is 72.8 Å². The second kappa shape index (κ2) is 6.29. The van der Waals surface area contributed by atoms with Crippen LogP contribution in [0.3, 0.4) is 0 Å². The van der Waals surface area contributed by atoms with Crippen LogP contribution in [0.2, 0.25) is 0 Å². The number of para-hydroxylation sites is 2. The molecule has 1 heterocycles. The van der Waals surface area contributed by atoms with Crippen LogP contribution in [0.15, 0.2) is 84.9 Å². The van der Waals surface area contributed by atoms with E-state index >= 15 is 0 Å². The highest BCUT2D eigenvalue weighted by Crippen LogP contribution is 2.46. The van der Waals surface area contributed by atoms with Crippen LogP contribution in [-0.4, -0.2) is 5.54 Å². The summed E-state index contributed by atoms with van der Waals surface area (Å²) < 4.78 is 0. The summed E-state index contributed by atoms with van der Waals surface area (Å²) in [4.78, 5) is 2.54. The quantitative estimate of drug-likeness (QED) is 0.669. The molecule has 126 valence electrons. The summed E-state index contributed by atoms with van der Waals surface area (Å²) in [6.45, 7) is 5.47. The first kappa shape index (κ1) is 15.8. The molecule has 2 heteroatoms. The van der Waals surface area contributed by atoms with Crippen LogP contribution in [0.5, 0.6) is 0 Å². The largest absolute Gasteiger partial charge is 0.376 e. The number of hydrogen-bond donors (Lipinski definition) is 1. The molecular weight excluding hydrogens is 304 g/mol. The van der Waals surface area contributed by atoms with Gasteiger partial charge in [-0.15, -0.1) is 0 Å². The molecule has 1 N–H and O–H groups in total. The van der Waals surface area contributed by atoms with Gasteiger partial charge in [-0.2, -0.15) is 0 Å². The Bertz CT molecular complexity index is 840. The van der Waals surface area contributed by atoms with Crippen molar-refractivity contribution in [3.63, 3.8) is 0 Å². The molecule has 25 heavy (non-hydrogen) atoms. The Hall–Kier alpha value is -2.74. The molecule has 1 aliphatic rings. The highest BCUT2D eigenvalue weighted by atomic mass is 15.3. The molecule has 0 aliphatic carbocycles. The van der Waals surface area contributed by atoms with E-state index in [0.717, 1.165) is 6.54 Å². The van der Waals surface area contributed by atoms with Gasteiger partial charge in [-0.05, 0) is 37.1 Å². The highest BCUT2D eigenvalue weighted by Gasteiger charge is 2.40. The van der Waals surface area contributed by atoms with Crippen molar-refractivity contribution >= 4 is 11.4 Å². The minimum atomic E-state index is -0.0789. The Kier molecular flexibility index (Phi) is 3.96. The smallest absolute Gasteiger partial charge is 0.0771 e. The predicted molar refractivity (Wildman–Crippen MR) is 106 cm³/mol. The van der Waals surface area contributed by atoms with E-state index in [2.05, 4.69) is 109 Å². The Morgan fingerprint density at radius 2 is 1.40 bits per heavy atom. The van der Waals surface area contributed by atoms with Crippen LogP contribution >= 0.6 is 0 Å². The van der Waals surface area contributed by atoms with Crippen LogP contribution in [0.25, 0.3) is 0 Å². The summed E-state index contributed by atoms with van der Waals surface area (Å²) in [5.41, 5.74) is 5.06. The van der Waals surface area contributed by atoms with Crippen molar-refractivity contribution < 1.29 is 0 Å². The molecule has 0 saturated heterocycles. The van der Waals surface area contributed by atoms with Crippen molar-refractivity contribution in [3.05, 3.63) is 96.1 Å².